The summed E-state index contributed by atoms with van der Waals surface area (Å²) in [5.74, 6) is -0.559. The third kappa shape index (κ3) is 3.71. The summed E-state index contributed by atoms with van der Waals surface area (Å²) in [6.45, 7) is 1.08. The fraction of sp³-hybridized carbons (Fsp3) is 0.500. The summed E-state index contributed by atoms with van der Waals surface area (Å²) in [7, 11) is 3.05. The van der Waals surface area contributed by atoms with Gasteiger partial charge in [-0.05, 0) is 7.05 Å². The van der Waals surface area contributed by atoms with E-state index in [9.17, 15) is 9.59 Å². The molecular formula is C10H15ClN4O3. The van der Waals surface area contributed by atoms with Gasteiger partial charge in [0.2, 0.25) is 0 Å². The maximum Gasteiger partial charge on any atom is 0.327 e. The molecule has 0 unspecified atom stereocenters. The van der Waals surface area contributed by atoms with Crippen LogP contribution in [0, 0.1) is 0 Å². The molecule has 1 heterocycles. The van der Waals surface area contributed by atoms with Gasteiger partial charge in [0, 0.05) is 13.1 Å². The Morgan fingerprint density at radius 2 is 2.28 bits per heavy atom. The molecule has 1 aromatic heterocycles. The minimum atomic E-state index is -0.559. The van der Waals surface area contributed by atoms with Crippen LogP contribution < -0.4 is 16.2 Å². The second-order valence-electron chi connectivity index (χ2n) is 3.44. The Hall–Kier alpha value is -1.60. The Morgan fingerprint density at radius 1 is 1.56 bits per heavy atom. The van der Waals surface area contributed by atoms with E-state index in [1.165, 1.54) is 13.3 Å². The van der Waals surface area contributed by atoms with Crippen molar-refractivity contribution in [2.24, 2.45) is 0 Å². The van der Waals surface area contributed by atoms with Crippen LogP contribution in [0.2, 0.25) is 5.02 Å². The van der Waals surface area contributed by atoms with E-state index in [1.807, 2.05) is 7.05 Å². The molecule has 8 heteroatoms. The third-order valence-electron chi connectivity index (χ3n) is 2.18. The molecule has 1 aromatic rings. The normalized spacial score (nSPS) is 10.2. The van der Waals surface area contributed by atoms with Crippen LogP contribution >= 0.6 is 11.6 Å². The second-order valence-corrected chi connectivity index (χ2v) is 3.82. The quantitative estimate of drug-likeness (QED) is 0.547. The lowest BCUT2D eigenvalue weighted by Gasteiger charge is -2.09. The first kappa shape index (κ1) is 14.5. The lowest BCUT2D eigenvalue weighted by molar-refractivity contribution is -0.141. The predicted molar refractivity (Wildman–Crippen MR) is 67.9 cm³/mol. The topological polar surface area (TPSA) is 85.2 Å². The van der Waals surface area contributed by atoms with E-state index in [0.717, 1.165) is 11.2 Å². The van der Waals surface area contributed by atoms with Gasteiger partial charge in [0.25, 0.3) is 5.56 Å². The van der Waals surface area contributed by atoms with Crippen molar-refractivity contribution in [1.29, 1.82) is 0 Å². The number of hydrogen-bond acceptors (Lipinski definition) is 6. The Morgan fingerprint density at radius 3 is 2.89 bits per heavy atom. The first-order valence-corrected chi connectivity index (χ1v) is 5.68. The van der Waals surface area contributed by atoms with Crippen LogP contribution in [0.3, 0.4) is 0 Å². The van der Waals surface area contributed by atoms with Gasteiger partial charge in [-0.2, -0.15) is 5.10 Å². The number of aromatic nitrogens is 2. The molecule has 7 nitrogen and oxygen atoms in total. The average molecular weight is 275 g/mol. The van der Waals surface area contributed by atoms with E-state index in [0.29, 0.717) is 12.2 Å². The summed E-state index contributed by atoms with van der Waals surface area (Å²) in [5, 5.41) is 9.76. The van der Waals surface area contributed by atoms with Gasteiger partial charge in [-0.25, -0.2) is 4.68 Å². The maximum absolute atomic E-state index is 11.8. The van der Waals surface area contributed by atoms with Gasteiger partial charge < -0.3 is 15.4 Å². The molecule has 0 fully saturated rings. The zero-order valence-electron chi connectivity index (χ0n) is 10.2. The number of nitrogens with one attached hydrogen (secondary N) is 2. The molecule has 0 aliphatic rings. The summed E-state index contributed by atoms with van der Waals surface area (Å²) in [5.41, 5.74) is -0.0884. The molecule has 0 saturated carbocycles. The summed E-state index contributed by atoms with van der Waals surface area (Å²) in [4.78, 5) is 22.8. The summed E-state index contributed by atoms with van der Waals surface area (Å²) >= 11 is 5.90. The maximum atomic E-state index is 11.8. The van der Waals surface area contributed by atoms with Gasteiger partial charge in [0.1, 0.15) is 11.6 Å². The zero-order chi connectivity index (χ0) is 13.5. The molecule has 0 radical (unpaired) electrons. The molecule has 0 aliphatic carbocycles. The lowest BCUT2D eigenvalue weighted by Crippen LogP contribution is -2.28. The molecule has 0 aliphatic heterocycles. The summed E-state index contributed by atoms with van der Waals surface area (Å²) < 4.78 is 5.41. The molecule has 1 rings (SSSR count). The van der Waals surface area contributed by atoms with Crippen molar-refractivity contribution < 1.29 is 9.53 Å². The van der Waals surface area contributed by atoms with Gasteiger partial charge in [-0.1, -0.05) is 11.6 Å². The van der Waals surface area contributed by atoms with E-state index in [2.05, 4.69) is 20.5 Å². The Kier molecular flexibility index (Phi) is 5.60. The zero-order valence-corrected chi connectivity index (χ0v) is 11.0. The first-order valence-electron chi connectivity index (χ1n) is 5.31. The van der Waals surface area contributed by atoms with E-state index in [-0.39, 0.29) is 11.6 Å². The van der Waals surface area contributed by atoms with Crippen LogP contribution in [0.15, 0.2) is 11.0 Å². The second kappa shape index (κ2) is 6.97. The van der Waals surface area contributed by atoms with Crippen LogP contribution in [-0.2, 0) is 16.1 Å². The van der Waals surface area contributed by atoms with Gasteiger partial charge in [0.15, 0.2) is 0 Å². The Labute approximate surface area is 109 Å². The van der Waals surface area contributed by atoms with E-state index >= 15 is 0 Å². The minimum Gasteiger partial charge on any atom is -0.468 e. The SMILES string of the molecule is CNCCNc1cnn(CC(=O)OC)c(=O)c1Cl. The average Bonchev–Trinajstić information content (AvgIpc) is 2.37. The largest absolute Gasteiger partial charge is 0.468 e. The van der Waals surface area contributed by atoms with Crippen LogP contribution in [0.25, 0.3) is 0 Å². The predicted octanol–water partition coefficient (Wildman–Crippen LogP) is -0.299. The number of rotatable bonds is 6. The molecule has 18 heavy (non-hydrogen) atoms. The van der Waals surface area contributed by atoms with E-state index < -0.39 is 11.5 Å². The van der Waals surface area contributed by atoms with Gasteiger partial charge in [-0.15, -0.1) is 0 Å². The number of ether oxygens (including phenoxy) is 1. The van der Waals surface area contributed by atoms with Crippen LogP contribution in [-0.4, -0.2) is 43.0 Å². The number of hydrogen-bond donors (Lipinski definition) is 2. The Bertz CT molecular complexity index is 475. The highest BCUT2D eigenvalue weighted by Crippen LogP contribution is 2.14. The van der Waals surface area contributed by atoms with Crippen LogP contribution in [0.4, 0.5) is 5.69 Å². The van der Waals surface area contributed by atoms with E-state index in [1.54, 1.807) is 0 Å². The number of carbonyl (C=O) groups excluding carboxylic acids is 1. The minimum absolute atomic E-state index is 0.00464. The number of esters is 1. The summed E-state index contributed by atoms with van der Waals surface area (Å²) in [6, 6.07) is 0. The fourth-order valence-corrected chi connectivity index (χ4v) is 1.42. The first-order chi connectivity index (χ1) is 8.60. The third-order valence-corrected chi connectivity index (χ3v) is 2.55. The number of carbonyl (C=O) groups is 1. The van der Waals surface area contributed by atoms with Crippen molar-refractivity contribution in [2.45, 2.75) is 6.54 Å². The van der Waals surface area contributed by atoms with Crippen molar-refractivity contribution in [3.05, 3.63) is 21.6 Å². The molecule has 0 saturated heterocycles. The number of anilines is 1. The molecule has 0 atom stereocenters. The summed E-state index contributed by atoms with van der Waals surface area (Å²) in [6.07, 6.45) is 1.41. The van der Waals surface area contributed by atoms with Gasteiger partial charge in [0.05, 0.1) is 19.0 Å². The number of nitrogens with zero attached hydrogens (tertiary/aromatic N) is 2. The molecule has 0 aromatic carbocycles. The Balaban J connectivity index is 2.84. The van der Waals surface area contributed by atoms with Crippen molar-refractivity contribution in [3.8, 4) is 0 Å². The van der Waals surface area contributed by atoms with Crippen LogP contribution in [0.5, 0.6) is 0 Å². The molecule has 0 bridgehead atoms. The van der Waals surface area contributed by atoms with Gasteiger partial charge >= 0.3 is 5.97 Å². The van der Waals surface area contributed by atoms with Crippen LogP contribution in [0.1, 0.15) is 0 Å². The van der Waals surface area contributed by atoms with E-state index in [4.69, 9.17) is 11.6 Å². The molecule has 0 spiro atoms. The van der Waals surface area contributed by atoms with Crippen molar-refractivity contribution in [1.82, 2.24) is 15.1 Å². The number of methoxy groups -OCH3 is 1. The lowest BCUT2D eigenvalue weighted by atomic mass is 10.4. The highest BCUT2D eigenvalue weighted by atomic mass is 35.5. The van der Waals surface area contributed by atoms with Crippen molar-refractivity contribution in [2.75, 3.05) is 32.6 Å². The fourth-order valence-electron chi connectivity index (χ4n) is 1.21. The number of likely N-dealkylation sites (N-methyl/N-ethyl adjacent to an activating group) is 1. The highest BCUT2D eigenvalue weighted by molar-refractivity contribution is 6.32. The molecular weight excluding hydrogens is 260 g/mol. The highest BCUT2D eigenvalue weighted by Gasteiger charge is 2.11. The number of halogens is 1. The van der Waals surface area contributed by atoms with Crippen molar-refractivity contribution in [3.63, 3.8) is 0 Å². The monoisotopic (exact) mass is 274 g/mol. The van der Waals surface area contributed by atoms with Gasteiger partial charge in [-0.3, -0.25) is 9.59 Å². The molecule has 100 valence electrons. The smallest absolute Gasteiger partial charge is 0.327 e. The molecule has 2 N–H and O–H groups in total. The van der Waals surface area contributed by atoms with Crippen molar-refractivity contribution >= 4 is 23.3 Å². The standard InChI is InChI=1S/C10H15ClN4O3/c1-12-3-4-13-7-5-14-15(6-8(16)18-2)10(17)9(7)11/h5,12-13H,3-4,6H2,1-2H3. The molecule has 0 amide bonds.